The van der Waals surface area contributed by atoms with Crippen LogP contribution in [-0.4, -0.2) is 63.0 Å². The molecule has 3 N–H and O–H groups in total. The molecule has 288 valence electrons. The predicted molar refractivity (Wildman–Crippen MR) is 215 cm³/mol. The maximum Gasteiger partial charge on any atom is 0.220 e. The van der Waals surface area contributed by atoms with E-state index in [1.807, 2.05) is 7.05 Å². The van der Waals surface area contributed by atoms with Crippen molar-refractivity contribution in [2.24, 2.45) is 0 Å². The van der Waals surface area contributed by atoms with Gasteiger partial charge in [-0.2, -0.15) is 0 Å². The van der Waals surface area contributed by atoms with Gasteiger partial charge in [-0.3, -0.25) is 14.5 Å². The van der Waals surface area contributed by atoms with Crippen molar-refractivity contribution in [3.8, 4) is 0 Å². The van der Waals surface area contributed by atoms with Crippen molar-refractivity contribution in [1.29, 1.82) is 0 Å². The highest BCUT2D eigenvalue weighted by Crippen LogP contribution is 2.11. The van der Waals surface area contributed by atoms with Gasteiger partial charge in [-0.15, -0.1) is 0 Å². The molecule has 0 aromatic heterocycles. The van der Waals surface area contributed by atoms with Crippen LogP contribution in [0.15, 0.2) is 24.3 Å². The Morgan fingerprint density at radius 3 is 1.08 bits per heavy atom. The van der Waals surface area contributed by atoms with E-state index in [9.17, 15) is 9.59 Å². The third-order valence-electron chi connectivity index (χ3n) is 9.51. The summed E-state index contributed by atoms with van der Waals surface area (Å²) < 4.78 is 0. The smallest absolute Gasteiger partial charge is 0.220 e. The molecule has 0 fully saturated rings. The molecule has 0 aliphatic rings. The fourth-order valence-electron chi connectivity index (χ4n) is 6.20. The summed E-state index contributed by atoms with van der Waals surface area (Å²) in [6.07, 6.45) is 43.8. The average molecular weight is 689 g/mol. The van der Waals surface area contributed by atoms with Crippen LogP contribution in [0.1, 0.15) is 194 Å². The number of amides is 2. The van der Waals surface area contributed by atoms with Gasteiger partial charge >= 0.3 is 0 Å². The van der Waals surface area contributed by atoms with Gasteiger partial charge in [0.1, 0.15) is 0 Å². The lowest BCUT2D eigenvalue weighted by atomic mass is 10.1. The third kappa shape index (κ3) is 39.0. The number of unbranched alkanes of at least 4 members (excludes halogenated alkanes) is 22. The minimum absolute atomic E-state index is 0.166. The van der Waals surface area contributed by atoms with E-state index in [0.717, 1.165) is 51.9 Å². The fraction of sp³-hybridized carbons (Fsp3) is 0.860. The number of hydrogen-bond donors (Lipinski definition) is 3. The molecule has 0 heterocycles. The summed E-state index contributed by atoms with van der Waals surface area (Å²) >= 11 is 0. The molecule has 0 saturated heterocycles. The van der Waals surface area contributed by atoms with Gasteiger partial charge in [0.15, 0.2) is 0 Å². The summed E-state index contributed by atoms with van der Waals surface area (Å²) in [5.41, 5.74) is 0. The van der Waals surface area contributed by atoms with Crippen molar-refractivity contribution >= 4 is 11.8 Å². The molecule has 0 saturated carbocycles. The Balaban J connectivity index is 3.72. The molecule has 0 atom stereocenters. The monoisotopic (exact) mass is 689 g/mol. The molecule has 0 aromatic rings. The van der Waals surface area contributed by atoms with E-state index in [4.69, 9.17) is 0 Å². The molecule has 0 aromatic carbocycles. The highest BCUT2D eigenvalue weighted by Gasteiger charge is 2.08. The van der Waals surface area contributed by atoms with Gasteiger partial charge in [0.2, 0.25) is 11.8 Å². The van der Waals surface area contributed by atoms with Gasteiger partial charge in [-0.1, -0.05) is 141 Å². The number of nitrogens with zero attached hydrogens (tertiary/aromatic N) is 1. The number of likely N-dealkylation sites (N-methyl/N-ethyl adjacent to an activating group) is 1. The van der Waals surface area contributed by atoms with E-state index >= 15 is 0 Å². The van der Waals surface area contributed by atoms with Crippen LogP contribution in [0.2, 0.25) is 0 Å². The lowest BCUT2D eigenvalue weighted by Crippen LogP contribution is -2.42. The first-order valence-electron chi connectivity index (χ1n) is 21.3. The molecule has 0 unspecified atom stereocenters. The Morgan fingerprint density at radius 1 is 0.429 bits per heavy atom. The molecule has 0 bridgehead atoms. The van der Waals surface area contributed by atoms with E-state index in [0.29, 0.717) is 25.9 Å². The van der Waals surface area contributed by atoms with Gasteiger partial charge in [0.05, 0.1) is 0 Å². The molecule has 6 nitrogen and oxygen atoms in total. The number of nitrogens with one attached hydrogen (secondary N) is 3. The van der Waals surface area contributed by atoms with Crippen LogP contribution in [0.4, 0.5) is 0 Å². The molecule has 0 aliphatic carbocycles. The zero-order valence-electron chi connectivity index (χ0n) is 33.1. The summed E-state index contributed by atoms with van der Waals surface area (Å²) in [4.78, 5) is 27.0. The van der Waals surface area contributed by atoms with E-state index in [1.54, 1.807) is 0 Å². The van der Waals surface area contributed by atoms with Crippen LogP contribution in [-0.2, 0) is 9.59 Å². The Morgan fingerprint density at radius 2 is 0.735 bits per heavy atom. The number of carbonyl (C=O) groups excluding carboxylic acids is 2. The highest BCUT2D eigenvalue weighted by atomic mass is 16.2. The Kier molecular flexibility index (Phi) is 39.4. The molecule has 0 aliphatic heterocycles. The van der Waals surface area contributed by atoms with Crippen molar-refractivity contribution in [3.05, 3.63) is 24.3 Å². The second kappa shape index (κ2) is 40.8. The molecular formula is C43H84N4O2. The summed E-state index contributed by atoms with van der Waals surface area (Å²) in [7, 11) is 1.96. The van der Waals surface area contributed by atoms with Crippen LogP contribution in [0.25, 0.3) is 0 Å². The van der Waals surface area contributed by atoms with Crippen LogP contribution in [0.3, 0.4) is 0 Å². The van der Waals surface area contributed by atoms with Gasteiger partial charge in [0.25, 0.3) is 0 Å². The molecule has 0 spiro atoms. The zero-order chi connectivity index (χ0) is 35.7. The summed E-state index contributed by atoms with van der Waals surface area (Å²) in [6.45, 7) is 9.29. The maximum atomic E-state index is 12.3. The van der Waals surface area contributed by atoms with E-state index < -0.39 is 0 Å². The van der Waals surface area contributed by atoms with Crippen molar-refractivity contribution < 1.29 is 9.59 Å². The normalized spacial score (nSPS) is 11.8. The molecular weight excluding hydrogens is 604 g/mol. The SMILES string of the molecule is CCCCCCCC/C=C\CCCCCCCC(=O)NCCN(CCNC)CCNC(=O)CCCCCCC/C=C\CCCCCCCC. The van der Waals surface area contributed by atoms with E-state index in [2.05, 4.69) is 59.0 Å². The molecule has 49 heavy (non-hydrogen) atoms. The minimum atomic E-state index is 0.166. The van der Waals surface area contributed by atoms with Crippen molar-refractivity contribution in [2.75, 3.05) is 46.3 Å². The number of carbonyl (C=O) groups is 2. The lowest BCUT2D eigenvalue weighted by molar-refractivity contribution is -0.121. The second-order valence-corrected chi connectivity index (χ2v) is 14.3. The van der Waals surface area contributed by atoms with Gasteiger partial charge in [0, 0.05) is 52.1 Å². The fourth-order valence-corrected chi connectivity index (χ4v) is 6.20. The Labute approximate surface area is 305 Å². The predicted octanol–water partition coefficient (Wildman–Crippen LogP) is 10.8. The Hall–Kier alpha value is -1.66. The number of hydrogen-bond acceptors (Lipinski definition) is 4. The number of rotatable bonds is 39. The van der Waals surface area contributed by atoms with Crippen LogP contribution < -0.4 is 16.0 Å². The zero-order valence-corrected chi connectivity index (χ0v) is 33.1. The minimum Gasteiger partial charge on any atom is -0.355 e. The second-order valence-electron chi connectivity index (χ2n) is 14.3. The quantitative estimate of drug-likeness (QED) is 0.0444. The molecule has 6 heteroatoms. The summed E-state index contributed by atoms with van der Waals surface area (Å²) in [6, 6.07) is 0. The summed E-state index contributed by atoms with van der Waals surface area (Å²) in [5.74, 6) is 0.332. The first-order chi connectivity index (χ1) is 24.1. The van der Waals surface area contributed by atoms with E-state index in [-0.39, 0.29) is 11.8 Å². The van der Waals surface area contributed by atoms with Gasteiger partial charge in [-0.25, -0.2) is 0 Å². The van der Waals surface area contributed by atoms with Crippen LogP contribution >= 0.6 is 0 Å². The highest BCUT2D eigenvalue weighted by molar-refractivity contribution is 5.76. The molecule has 0 rings (SSSR count). The topological polar surface area (TPSA) is 73.5 Å². The van der Waals surface area contributed by atoms with Gasteiger partial charge < -0.3 is 16.0 Å². The van der Waals surface area contributed by atoms with E-state index in [1.165, 1.54) is 141 Å². The molecule has 0 radical (unpaired) electrons. The van der Waals surface area contributed by atoms with Crippen molar-refractivity contribution in [3.63, 3.8) is 0 Å². The standard InChI is InChI=1S/C43H84N4O2/c1-4-6-8-10-12-14-16-18-20-22-24-26-28-30-32-34-42(48)45-37-40-47(39-36-44-3)41-38-46-43(49)35-33-31-29-27-25-23-21-19-17-15-13-11-9-7-5-2/h18-21,44H,4-17,22-41H2,1-3H3,(H,45,48)(H,46,49)/b20-18-,21-19-. The third-order valence-corrected chi connectivity index (χ3v) is 9.51. The number of allylic oxidation sites excluding steroid dienone is 4. The molecule has 2 amide bonds. The van der Waals surface area contributed by atoms with Crippen molar-refractivity contribution in [1.82, 2.24) is 20.9 Å². The lowest BCUT2D eigenvalue weighted by Gasteiger charge is -2.22. The maximum absolute atomic E-state index is 12.3. The average Bonchev–Trinajstić information content (AvgIpc) is 3.10. The largest absolute Gasteiger partial charge is 0.355 e. The first kappa shape index (κ1) is 47.3. The van der Waals surface area contributed by atoms with Crippen LogP contribution in [0, 0.1) is 0 Å². The Bertz CT molecular complexity index is 696. The van der Waals surface area contributed by atoms with Crippen molar-refractivity contribution in [2.45, 2.75) is 194 Å². The summed E-state index contributed by atoms with van der Waals surface area (Å²) in [5, 5.41) is 9.43. The first-order valence-corrected chi connectivity index (χ1v) is 21.3. The van der Waals surface area contributed by atoms with Crippen LogP contribution in [0.5, 0.6) is 0 Å². The van der Waals surface area contributed by atoms with Gasteiger partial charge in [-0.05, 0) is 71.3 Å².